The number of sulfonamides is 1. The molecule has 0 saturated carbocycles. The van der Waals surface area contributed by atoms with Gasteiger partial charge >= 0.3 is 0 Å². The predicted octanol–water partition coefficient (Wildman–Crippen LogP) is 1.91. The summed E-state index contributed by atoms with van der Waals surface area (Å²) in [6.07, 6.45) is 1.64. The Morgan fingerprint density at radius 1 is 1.36 bits per heavy atom. The maximum atomic E-state index is 11.9. The Hall–Kier alpha value is -1.02. The van der Waals surface area contributed by atoms with Gasteiger partial charge in [0.25, 0.3) is 0 Å². The normalized spacial score (nSPS) is 11.3. The van der Waals surface area contributed by atoms with Gasteiger partial charge in [0.05, 0.1) is 17.0 Å². The van der Waals surface area contributed by atoms with Crippen LogP contribution in [0.15, 0.2) is 18.2 Å². The van der Waals surface area contributed by atoms with Gasteiger partial charge in [-0.1, -0.05) is 23.2 Å². The number of benzene rings is 1. The molecule has 0 spiro atoms. The van der Waals surface area contributed by atoms with Crippen LogP contribution in [0.25, 0.3) is 0 Å². The highest BCUT2D eigenvalue weighted by molar-refractivity contribution is 7.92. The van der Waals surface area contributed by atoms with Gasteiger partial charge < -0.3 is 10.1 Å². The highest BCUT2D eigenvalue weighted by Gasteiger charge is 2.23. The van der Waals surface area contributed by atoms with E-state index in [0.717, 1.165) is 10.6 Å². The lowest BCUT2D eigenvalue weighted by molar-refractivity contribution is -0.119. The Morgan fingerprint density at radius 2 is 2.05 bits per heavy atom. The number of amides is 1. The standard InChI is InChI=1S/C13H18Cl2N2O4S/c1-21-7-3-6-16-13(18)9-17(22(2,19)20)12-8-10(14)4-5-11(12)15/h4-5,8H,3,6-7,9H2,1-2H3,(H,16,18). The molecule has 124 valence electrons. The van der Waals surface area contributed by atoms with Crippen molar-refractivity contribution in [2.24, 2.45) is 0 Å². The van der Waals surface area contributed by atoms with Gasteiger partial charge in [0, 0.05) is 25.3 Å². The zero-order valence-electron chi connectivity index (χ0n) is 12.3. The SMILES string of the molecule is COCCCNC(=O)CN(c1cc(Cl)ccc1Cl)S(C)(=O)=O. The van der Waals surface area contributed by atoms with Crippen molar-refractivity contribution in [3.8, 4) is 0 Å². The van der Waals surface area contributed by atoms with E-state index < -0.39 is 15.9 Å². The molecule has 0 aliphatic rings. The first-order valence-electron chi connectivity index (χ1n) is 6.44. The molecule has 1 aromatic carbocycles. The lowest BCUT2D eigenvalue weighted by Crippen LogP contribution is -2.40. The second kappa shape index (κ2) is 8.57. The molecule has 0 aliphatic heterocycles. The van der Waals surface area contributed by atoms with Crippen molar-refractivity contribution in [2.45, 2.75) is 6.42 Å². The molecule has 1 aromatic rings. The Morgan fingerprint density at radius 3 is 2.64 bits per heavy atom. The second-order valence-electron chi connectivity index (χ2n) is 4.56. The third-order valence-corrected chi connectivity index (χ3v) is 4.39. The zero-order valence-corrected chi connectivity index (χ0v) is 14.6. The molecule has 1 amide bonds. The van der Waals surface area contributed by atoms with Gasteiger partial charge in [-0.15, -0.1) is 0 Å². The highest BCUT2D eigenvalue weighted by Crippen LogP contribution is 2.30. The summed E-state index contributed by atoms with van der Waals surface area (Å²) in [5, 5.41) is 3.15. The first kappa shape index (κ1) is 19.0. The first-order valence-corrected chi connectivity index (χ1v) is 9.04. The number of rotatable bonds is 8. The summed E-state index contributed by atoms with van der Waals surface area (Å²) in [6, 6.07) is 4.43. The number of nitrogens with zero attached hydrogens (tertiary/aromatic N) is 1. The summed E-state index contributed by atoms with van der Waals surface area (Å²) in [7, 11) is -2.12. The summed E-state index contributed by atoms with van der Waals surface area (Å²) in [5.74, 6) is -0.433. The summed E-state index contributed by atoms with van der Waals surface area (Å²) in [6.45, 7) is 0.537. The fourth-order valence-corrected chi connectivity index (χ4v) is 2.98. The van der Waals surface area contributed by atoms with Crippen LogP contribution < -0.4 is 9.62 Å². The van der Waals surface area contributed by atoms with E-state index in [1.165, 1.54) is 12.1 Å². The van der Waals surface area contributed by atoms with Crippen LogP contribution >= 0.6 is 23.2 Å². The number of carbonyl (C=O) groups excluding carboxylic acids is 1. The summed E-state index contributed by atoms with van der Waals surface area (Å²) >= 11 is 11.9. The van der Waals surface area contributed by atoms with Crippen molar-refractivity contribution >= 4 is 44.8 Å². The van der Waals surface area contributed by atoms with Crippen molar-refractivity contribution in [3.63, 3.8) is 0 Å². The third-order valence-electron chi connectivity index (χ3n) is 2.71. The lowest BCUT2D eigenvalue weighted by atomic mass is 10.3. The second-order valence-corrected chi connectivity index (χ2v) is 7.31. The predicted molar refractivity (Wildman–Crippen MR) is 88.2 cm³/mol. The number of hydrogen-bond acceptors (Lipinski definition) is 4. The van der Waals surface area contributed by atoms with Gasteiger partial charge in [-0.3, -0.25) is 9.10 Å². The van der Waals surface area contributed by atoms with Crippen LogP contribution in [-0.2, 0) is 19.6 Å². The topological polar surface area (TPSA) is 75.7 Å². The van der Waals surface area contributed by atoms with E-state index in [1.54, 1.807) is 13.2 Å². The number of halogens is 2. The third kappa shape index (κ3) is 6.00. The molecule has 0 unspecified atom stereocenters. The fourth-order valence-electron chi connectivity index (χ4n) is 1.69. The van der Waals surface area contributed by atoms with Crippen LogP contribution in [0.1, 0.15) is 6.42 Å². The van der Waals surface area contributed by atoms with Crippen LogP contribution in [0.2, 0.25) is 10.0 Å². The molecule has 9 heteroatoms. The lowest BCUT2D eigenvalue weighted by Gasteiger charge is -2.23. The Labute approximate surface area is 140 Å². The maximum Gasteiger partial charge on any atom is 0.240 e. The molecular weight excluding hydrogens is 351 g/mol. The van der Waals surface area contributed by atoms with Gasteiger partial charge in [0.15, 0.2) is 0 Å². The number of hydrogen-bond donors (Lipinski definition) is 1. The van der Waals surface area contributed by atoms with E-state index >= 15 is 0 Å². The van der Waals surface area contributed by atoms with Gasteiger partial charge in [-0.2, -0.15) is 0 Å². The largest absolute Gasteiger partial charge is 0.385 e. The Bertz CT molecular complexity index is 622. The molecule has 22 heavy (non-hydrogen) atoms. The van der Waals surface area contributed by atoms with Gasteiger partial charge in [0.2, 0.25) is 15.9 Å². The molecule has 0 fully saturated rings. The number of nitrogens with one attached hydrogen (secondary N) is 1. The minimum Gasteiger partial charge on any atom is -0.385 e. The van der Waals surface area contributed by atoms with Crippen molar-refractivity contribution in [1.82, 2.24) is 5.32 Å². The smallest absolute Gasteiger partial charge is 0.240 e. The van der Waals surface area contributed by atoms with Gasteiger partial charge in [-0.05, 0) is 24.6 Å². The monoisotopic (exact) mass is 368 g/mol. The molecule has 0 aromatic heterocycles. The molecule has 0 saturated heterocycles. The summed E-state index contributed by atoms with van der Waals surface area (Å²) in [5.41, 5.74) is 0.170. The number of ether oxygens (including phenoxy) is 1. The van der Waals surface area contributed by atoms with Crippen LogP contribution in [0, 0.1) is 0 Å². The average molecular weight is 369 g/mol. The summed E-state index contributed by atoms with van der Waals surface area (Å²) in [4.78, 5) is 11.9. The van der Waals surface area contributed by atoms with Crippen molar-refractivity contribution in [2.75, 3.05) is 37.4 Å². The quantitative estimate of drug-likeness (QED) is 0.711. The molecule has 0 aliphatic carbocycles. The van der Waals surface area contributed by atoms with Crippen LogP contribution in [0.3, 0.4) is 0 Å². The number of methoxy groups -OCH3 is 1. The minimum atomic E-state index is -3.68. The van der Waals surface area contributed by atoms with E-state index in [4.69, 9.17) is 27.9 Å². The molecule has 0 radical (unpaired) electrons. The van der Waals surface area contributed by atoms with Crippen LogP contribution in [-0.4, -0.2) is 47.4 Å². The van der Waals surface area contributed by atoms with Crippen molar-refractivity contribution in [3.05, 3.63) is 28.2 Å². The average Bonchev–Trinajstić information content (AvgIpc) is 2.43. The summed E-state index contributed by atoms with van der Waals surface area (Å²) < 4.78 is 29.7. The van der Waals surface area contributed by atoms with E-state index in [9.17, 15) is 13.2 Å². The molecule has 0 bridgehead atoms. The van der Waals surface area contributed by atoms with Crippen molar-refractivity contribution < 1.29 is 17.9 Å². The van der Waals surface area contributed by atoms with Crippen LogP contribution in [0.5, 0.6) is 0 Å². The van der Waals surface area contributed by atoms with Crippen molar-refractivity contribution in [1.29, 1.82) is 0 Å². The fraction of sp³-hybridized carbons (Fsp3) is 0.462. The van der Waals surface area contributed by atoms with Gasteiger partial charge in [0.1, 0.15) is 6.54 Å². The highest BCUT2D eigenvalue weighted by atomic mass is 35.5. The number of anilines is 1. The van der Waals surface area contributed by atoms with Gasteiger partial charge in [-0.25, -0.2) is 8.42 Å². The Kier molecular flexibility index (Phi) is 7.41. The van der Waals surface area contributed by atoms with E-state index in [2.05, 4.69) is 5.32 Å². The molecule has 1 N–H and O–H groups in total. The molecular formula is C13H18Cl2N2O4S. The zero-order chi connectivity index (χ0) is 16.8. The van der Waals surface area contributed by atoms with E-state index in [1.807, 2.05) is 0 Å². The molecule has 6 nitrogen and oxygen atoms in total. The molecule has 1 rings (SSSR count). The maximum absolute atomic E-state index is 11.9. The minimum absolute atomic E-state index is 0.170. The van der Waals surface area contributed by atoms with E-state index in [-0.39, 0.29) is 17.3 Å². The molecule has 0 heterocycles. The van der Waals surface area contributed by atoms with Crippen LogP contribution in [0.4, 0.5) is 5.69 Å². The first-order chi connectivity index (χ1) is 10.3. The Balaban J connectivity index is 2.87. The molecule has 0 atom stereocenters. The van der Waals surface area contributed by atoms with E-state index in [0.29, 0.717) is 24.6 Å². The number of carbonyl (C=O) groups is 1.